The van der Waals surface area contributed by atoms with Crippen molar-refractivity contribution in [2.24, 2.45) is 5.11 Å². The van der Waals surface area contributed by atoms with Crippen LogP contribution in [0.25, 0.3) is 0 Å². The lowest BCUT2D eigenvalue weighted by atomic mass is 10.2. The van der Waals surface area contributed by atoms with Crippen LogP contribution in [0.3, 0.4) is 0 Å². The fourth-order valence-corrected chi connectivity index (χ4v) is 1.29. The van der Waals surface area contributed by atoms with E-state index in [1.807, 2.05) is 0 Å². The molecule has 0 saturated carbocycles. The largest absolute Gasteiger partial charge is 0.325 e. The summed E-state index contributed by atoms with van der Waals surface area (Å²) in [5.74, 6) is 0. The molecule has 66 valence electrons. The topological polar surface area (TPSA) is 73.9 Å². The number of nitrogens with one attached hydrogen (secondary N) is 1. The number of hydrogen-bond acceptors (Lipinski definition) is 3. The van der Waals surface area contributed by atoms with Gasteiger partial charge in [-0.3, -0.25) is 0 Å². The van der Waals surface area contributed by atoms with E-state index in [2.05, 4.69) is 10.0 Å². The van der Waals surface area contributed by atoms with E-state index in [1.54, 1.807) is 23.9 Å². The fraction of sp³-hybridized carbons (Fsp3) is 0.833. The quantitative estimate of drug-likeness (QED) is 0.433. The van der Waals surface area contributed by atoms with E-state index in [-0.39, 0.29) is 12.1 Å². The van der Waals surface area contributed by atoms with Gasteiger partial charge in [-0.15, -0.1) is 0 Å². The van der Waals surface area contributed by atoms with Crippen molar-refractivity contribution < 1.29 is 4.79 Å². The molecule has 6 heteroatoms. The second-order valence-corrected chi connectivity index (χ2v) is 2.91. The number of carbonyl (C=O) groups is 1. The van der Waals surface area contributed by atoms with Crippen molar-refractivity contribution in [3.63, 3.8) is 0 Å². The molecule has 0 radical (unpaired) electrons. The van der Waals surface area contributed by atoms with Crippen molar-refractivity contribution in [1.29, 1.82) is 5.53 Å². The zero-order valence-electron chi connectivity index (χ0n) is 7.19. The molecule has 0 aliphatic carbocycles. The summed E-state index contributed by atoms with van der Waals surface area (Å²) in [5.41, 5.74) is 6.56. The maximum absolute atomic E-state index is 11.2. The average Bonchev–Trinajstić information content (AvgIpc) is 2.01. The second-order valence-electron chi connectivity index (χ2n) is 2.91. The number of nitrogens with zero attached hydrogens (tertiary/aromatic N) is 4. The minimum absolute atomic E-state index is 0.00793. The van der Waals surface area contributed by atoms with Gasteiger partial charge in [0.25, 0.3) is 0 Å². The number of urea groups is 1. The zero-order valence-corrected chi connectivity index (χ0v) is 7.19. The molecule has 0 aromatic rings. The minimum Gasteiger partial charge on any atom is -0.325 e. The van der Waals surface area contributed by atoms with E-state index in [1.165, 1.54) is 0 Å². The summed E-state index contributed by atoms with van der Waals surface area (Å²) in [5, 5.41) is 3.68. The summed E-state index contributed by atoms with van der Waals surface area (Å²) in [6, 6.07) is -0.0679. The lowest BCUT2D eigenvalue weighted by molar-refractivity contribution is 0.144. The van der Waals surface area contributed by atoms with Crippen molar-refractivity contribution in [3.8, 4) is 0 Å². The van der Waals surface area contributed by atoms with Gasteiger partial charge in [-0.2, -0.15) is 0 Å². The van der Waals surface area contributed by atoms with E-state index in [4.69, 9.17) is 5.53 Å². The molecule has 0 unspecified atom stereocenters. The van der Waals surface area contributed by atoms with Crippen LogP contribution >= 0.6 is 0 Å². The highest BCUT2D eigenvalue weighted by Gasteiger charge is 2.29. The van der Waals surface area contributed by atoms with Gasteiger partial charge in [-0.25, -0.2) is 4.79 Å². The van der Waals surface area contributed by atoms with Crippen LogP contribution in [0.2, 0.25) is 0 Å². The van der Waals surface area contributed by atoms with Gasteiger partial charge in [0, 0.05) is 14.1 Å². The van der Waals surface area contributed by atoms with Crippen molar-refractivity contribution in [2.45, 2.75) is 6.04 Å². The second kappa shape index (κ2) is 3.32. The monoisotopic (exact) mass is 170 g/mol. The number of carbonyl (C=O) groups excluding carboxylic acids is 1. The average molecular weight is 170 g/mol. The van der Waals surface area contributed by atoms with Crippen LogP contribution in [0.4, 0.5) is 4.79 Å². The van der Waals surface area contributed by atoms with Gasteiger partial charge < -0.3 is 9.80 Å². The Hall–Kier alpha value is -1.42. The van der Waals surface area contributed by atoms with Gasteiger partial charge in [-0.05, 0) is 0 Å². The third-order valence-electron chi connectivity index (χ3n) is 1.84. The Bertz CT molecular complexity index is 220. The maximum atomic E-state index is 11.2. The van der Waals surface area contributed by atoms with Crippen LogP contribution in [0, 0.1) is 5.53 Å². The Morgan fingerprint density at radius 2 is 2.00 bits per heavy atom. The SMILES string of the molecule is CN1CC(N=[N+]=N)CN(C)C1=O. The Kier molecular flexibility index (Phi) is 2.40. The highest BCUT2D eigenvalue weighted by atomic mass is 16.2. The fourth-order valence-electron chi connectivity index (χ4n) is 1.29. The first-order chi connectivity index (χ1) is 5.65. The van der Waals surface area contributed by atoms with E-state index in [9.17, 15) is 4.79 Å². The molecule has 0 spiro atoms. The molecule has 1 saturated heterocycles. The van der Waals surface area contributed by atoms with E-state index in [0.29, 0.717) is 13.1 Å². The molecule has 1 heterocycles. The van der Waals surface area contributed by atoms with Gasteiger partial charge in [0.05, 0.1) is 13.1 Å². The molecule has 0 aromatic heterocycles. The van der Waals surface area contributed by atoms with E-state index < -0.39 is 0 Å². The van der Waals surface area contributed by atoms with Crippen LogP contribution in [0.1, 0.15) is 0 Å². The maximum Gasteiger partial charge on any atom is 0.319 e. The van der Waals surface area contributed by atoms with Gasteiger partial charge in [0.1, 0.15) is 10.6 Å². The highest BCUT2D eigenvalue weighted by molar-refractivity contribution is 5.74. The van der Waals surface area contributed by atoms with Crippen molar-refractivity contribution in [3.05, 3.63) is 0 Å². The molecular weight excluding hydrogens is 158 g/mol. The number of likely N-dealkylation sites (N-methyl/N-ethyl adjacent to an activating group) is 2. The third kappa shape index (κ3) is 1.60. The van der Waals surface area contributed by atoms with E-state index in [0.717, 1.165) is 0 Å². The lowest BCUT2D eigenvalue weighted by Crippen LogP contribution is -2.51. The Balaban J connectivity index is 2.65. The normalized spacial score (nSPS) is 19.3. The first kappa shape index (κ1) is 8.67. The molecule has 2 amide bonds. The molecule has 1 aliphatic heterocycles. The van der Waals surface area contributed by atoms with Gasteiger partial charge in [0.15, 0.2) is 6.04 Å². The molecule has 0 atom stereocenters. The molecule has 1 rings (SSSR count). The van der Waals surface area contributed by atoms with Crippen molar-refractivity contribution in [2.75, 3.05) is 27.2 Å². The molecule has 12 heavy (non-hydrogen) atoms. The number of amides is 2. The summed E-state index contributed by atoms with van der Waals surface area (Å²) >= 11 is 0. The molecular formula is C6H12N5O+. The van der Waals surface area contributed by atoms with Crippen LogP contribution in [0.5, 0.6) is 0 Å². The Morgan fingerprint density at radius 3 is 2.42 bits per heavy atom. The molecule has 6 nitrogen and oxygen atoms in total. The number of hydrogen-bond donors (Lipinski definition) is 1. The van der Waals surface area contributed by atoms with Crippen LogP contribution < -0.4 is 4.91 Å². The molecule has 1 aliphatic rings. The Morgan fingerprint density at radius 1 is 1.50 bits per heavy atom. The summed E-state index contributed by atoms with van der Waals surface area (Å²) in [7, 11) is 3.43. The van der Waals surface area contributed by atoms with E-state index >= 15 is 0 Å². The van der Waals surface area contributed by atoms with Gasteiger partial charge >= 0.3 is 6.03 Å². The third-order valence-corrected chi connectivity index (χ3v) is 1.84. The predicted octanol–water partition coefficient (Wildman–Crippen LogP) is -0.0974. The molecule has 1 N–H and O–H groups in total. The van der Waals surface area contributed by atoms with Crippen molar-refractivity contribution >= 4 is 6.03 Å². The number of rotatable bonds is 1. The highest BCUT2D eigenvalue weighted by Crippen LogP contribution is 2.07. The van der Waals surface area contributed by atoms with Gasteiger partial charge in [0.2, 0.25) is 4.91 Å². The first-order valence-corrected chi connectivity index (χ1v) is 3.68. The minimum atomic E-state index is -0.0600. The van der Waals surface area contributed by atoms with Gasteiger partial charge in [-0.1, -0.05) is 0 Å². The van der Waals surface area contributed by atoms with Crippen molar-refractivity contribution in [1.82, 2.24) is 14.7 Å². The summed E-state index contributed by atoms with van der Waals surface area (Å²) in [4.78, 5) is 17.3. The zero-order chi connectivity index (χ0) is 9.14. The van der Waals surface area contributed by atoms with Crippen LogP contribution in [-0.4, -0.2) is 49.1 Å². The summed E-state index contributed by atoms with van der Waals surface area (Å²) in [6.45, 7) is 1.09. The Labute approximate surface area is 70.4 Å². The standard InChI is InChI=1S/C6H12N5O/c1-10-3-5(8-9-7)4-11(2)6(10)12/h5,7H,3-4H2,1-2H3/q+1. The molecule has 0 bridgehead atoms. The molecule has 1 fully saturated rings. The summed E-state index contributed by atoms with van der Waals surface area (Å²) in [6.07, 6.45) is 0. The summed E-state index contributed by atoms with van der Waals surface area (Å²) < 4.78 is 0. The smallest absolute Gasteiger partial charge is 0.319 e. The first-order valence-electron chi connectivity index (χ1n) is 3.68. The van der Waals surface area contributed by atoms with Crippen LogP contribution in [0.15, 0.2) is 5.11 Å². The predicted molar refractivity (Wildman–Crippen MR) is 41.7 cm³/mol. The van der Waals surface area contributed by atoms with Crippen LogP contribution in [-0.2, 0) is 0 Å². The molecule has 0 aromatic carbocycles. The lowest BCUT2D eigenvalue weighted by Gasteiger charge is -2.31.